The Morgan fingerprint density at radius 2 is 1.50 bits per heavy atom. The Labute approximate surface area is 209 Å². The van der Waals surface area contributed by atoms with E-state index in [2.05, 4.69) is 5.32 Å². The maximum atomic E-state index is 13.7. The summed E-state index contributed by atoms with van der Waals surface area (Å²) in [6, 6.07) is 25.2. The van der Waals surface area contributed by atoms with Crippen molar-refractivity contribution in [3.63, 3.8) is 0 Å². The lowest BCUT2D eigenvalue weighted by molar-refractivity contribution is -0.153. The lowest BCUT2D eigenvalue weighted by Crippen LogP contribution is -2.59. The topological polar surface area (TPSA) is 95.9 Å². The number of hydrogen-bond acceptors (Lipinski definition) is 5. The number of amides is 2. The van der Waals surface area contributed by atoms with Crippen molar-refractivity contribution in [2.45, 2.75) is 32.0 Å². The van der Waals surface area contributed by atoms with Crippen LogP contribution in [0, 0.1) is 17.8 Å². The maximum absolute atomic E-state index is 13.7. The Hall–Kier alpha value is -3.97. The second kappa shape index (κ2) is 9.24. The molecule has 2 fully saturated rings. The van der Waals surface area contributed by atoms with Gasteiger partial charge < -0.3 is 9.84 Å². The second-order valence-corrected chi connectivity index (χ2v) is 9.69. The Balaban J connectivity index is 1.49. The van der Waals surface area contributed by atoms with Gasteiger partial charge in [-0.2, -0.15) is 0 Å². The number of carbonyl (C=O) groups excluding carboxylic acids is 2. The van der Waals surface area contributed by atoms with E-state index in [1.807, 2.05) is 72.8 Å². The first-order chi connectivity index (χ1) is 17.3. The first kappa shape index (κ1) is 23.8. The Kier molecular flexibility index (Phi) is 6.10. The zero-order chi connectivity index (χ0) is 25.4. The molecule has 0 radical (unpaired) electrons. The molecule has 7 heteroatoms. The van der Waals surface area contributed by atoms with Gasteiger partial charge in [0.1, 0.15) is 17.0 Å². The number of carboxylic acid groups (broad SMARTS) is 1. The molecule has 2 heterocycles. The molecular weight excluding hydrogens is 456 g/mol. The van der Waals surface area contributed by atoms with Crippen molar-refractivity contribution < 1.29 is 24.2 Å². The quantitative estimate of drug-likeness (QED) is 0.483. The fourth-order valence-electron chi connectivity index (χ4n) is 5.55. The number of hydrogen-bond donors (Lipinski definition) is 2. The summed E-state index contributed by atoms with van der Waals surface area (Å²) in [5, 5.41) is 13.6. The first-order valence-corrected chi connectivity index (χ1v) is 12.1. The average molecular weight is 485 g/mol. The minimum atomic E-state index is -1.56. The van der Waals surface area contributed by atoms with Crippen molar-refractivity contribution in [1.82, 2.24) is 10.2 Å². The van der Waals surface area contributed by atoms with Crippen LogP contribution >= 0.6 is 0 Å². The van der Waals surface area contributed by atoms with E-state index in [0.717, 1.165) is 11.1 Å². The molecule has 0 saturated carbocycles. The molecule has 0 aromatic heterocycles. The minimum absolute atomic E-state index is 0.121. The Morgan fingerprint density at radius 3 is 2.08 bits per heavy atom. The second-order valence-electron chi connectivity index (χ2n) is 9.69. The van der Waals surface area contributed by atoms with Gasteiger partial charge in [0, 0.05) is 6.04 Å². The van der Waals surface area contributed by atoms with Gasteiger partial charge in [-0.1, -0.05) is 74.5 Å². The SMILES string of the molecule is CC(C)C1(C(=O)O)NC(c2ccc(Oc3ccccc3)cc2)C2C(=O)N(Cc3ccccc3)C(=O)C21. The molecule has 0 spiro atoms. The van der Waals surface area contributed by atoms with Crippen molar-refractivity contribution in [1.29, 1.82) is 0 Å². The summed E-state index contributed by atoms with van der Waals surface area (Å²) < 4.78 is 5.88. The number of carbonyl (C=O) groups is 3. The van der Waals surface area contributed by atoms with Gasteiger partial charge >= 0.3 is 5.97 Å². The van der Waals surface area contributed by atoms with Crippen LogP contribution in [0.1, 0.15) is 31.0 Å². The summed E-state index contributed by atoms with van der Waals surface area (Å²) in [6.45, 7) is 3.67. The molecule has 2 N–H and O–H groups in total. The number of carboxylic acids is 1. The fourth-order valence-corrected chi connectivity index (χ4v) is 5.55. The van der Waals surface area contributed by atoms with Crippen molar-refractivity contribution >= 4 is 17.8 Å². The van der Waals surface area contributed by atoms with Crippen LogP contribution in [0.4, 0.5) is 0 Å². The van der Waals surface area contributed by atoms with Crippen LogP contribution in [0.5, 0.6) is 11.5 Å². The smallest absolute Gasteiger partial charge is 0.325 e. The third kappa shape index (κ3) is 3.85. The number of nitrogens with one attached hydrogen (secondary N) is 1. The first-order valence-electron chi connectivity index (χ1n) is 12.1. The number of rotatable bonds is 7. The van der Waals surface area contributed by atoms with E-state index in [0.29, 0.717) is 11.5 Å². The van der Waals surface area contributed by atoms with E-state index in [1.54, 1.807) is 26.0 Å². The summed E-state index contributed by atoms with van der Waals surface area (Å²) in [4.78, 5) is 41.2. The van der Waals surface area contributed by atoms with E-state index in [1.165, 1.54) is 4.90 Å². The van der Waals surface area contributed by atoms with Crippen molar-refractivity contribution in [2.24, 2.45) is 17.8 Å². The molecule has 4 atom stereocenters. The van der Waals surface area contributed by atoms with Crippen molar-refractivity contribution in [3.8, 4) is 11.5 Å². The molecule has 7 nitrogen and oxygen atoms in total. The standard InChI is InChI=1S/C29H28N2O5/c1-18(2)29(28(34)35)24-23(26(32)31(27(24)33)17-19-9-5-3-6-10-19)25(30-29)20-13-15-22(16-14-20)36-21-11-7-4-8-12-21/h3-16,18,23-25,30H,17H2,1-2H3,(H,34,35). The molecule has 2 aliphatic rings. The zero-order valence-electron chi connectivity index (χ0n) is 20.1. The third-order valence-electron chi connectivity index (χ3n) is 7.35. The van der Waals surface area contributed by atoms with Gasteiger partial charge in [-0.15, -0.1) is 0 Å². The molecule has 5 rings (SSSR count). The van der Waals surface area contributed by atoms with Crippen molar-refractivity contribution in [3.05, 3.63) is 96.1 Å². The minimum Gasteiger partial charge on any atom is -0.480 e. The average Bonchev–Trinajstić information content (AvgIpc) is 3.36. The summed E-state index contributed by atoms with van der Waals surface area (Å²) in [6.07, 6.45) is 0. The summed E-state index contributed by atoms with van der Waals surface area (Å²) in [7, 11) is 0. The molecule has 184 valence electrons. The highest BCUT2D eigenvalue weighted by Crippen LogP contribution is 2.51. The lowest BCUT2D eigenvalue weighted by Gasteiger charge is -2.34. The van der Waals surface area contributed by atoms with Crippen LogP contribution in [0.15, 0.2) is 84.9 Å². The molecule has 3 aromatic carbocycles. The van der Waals surface area contributed by atoms with Crippen LogP contribution in [0.3, 0.4) is 0 Å². The highest BCUT2D eigenvalue weighted by atomic mass is 16.5. The van der Waals surface area contributed by atoms with Gasteiger partial charge in [0.25, 0.3) is 0 Å². The predicted molar refractivity (Wildman–Crippen MR) is 133 cm³/mol. The van der Waals surface area contributed by atoms with Crippen LogP contribution in [-0.4, -0.2) is 33.3 Å². The molecular formula is C29H28N2O5. The number of ether oxygens (including phenoxy) is 1. The van der Waals surface area contributed by atoms with Gasteiger partial charge in [0.2, 0.25) is 11.8 Å². The van der Waals surface area contributed by atoms with E-state index in [-0.39, 0.29) is 12.5 Å². The van der Waals surface area contributed by atoms with Gasteiger partial charge in [0.05, 0.1) is 18.4 Å². The highest BCUT2D eigenvalue weighted by molar-refractivity contribution is 6.09. The molecule has 2 aliphatic heterocycles. The Morgan fingerprint density at radius 1 is 0.917 bits per heavy atom. The number of fused-ring (bicyclic) bond motifs is 1. The summed E-state index contributed by atoms with van der Waals surface area (Å²) in [5.41, 5.74) is -0.0133. The van der Waals surface area contributed by atoms with E-state index in [4.69, 9.17) is 4.74 Å². The van der Waals surface area contributed by atoms with Crippen LogP contribution in [0.2, 0.25) is 0 Å². The summed E-state index contributed by atoms with van der Waals surface area (Å²) in [5.74, 6) is -2.85. The number of likely N-dealkylation sites (tertiary alicyclic amines) is 1. The van der Waals surface area contributed by atoms with E-state index >= 15 is 0 Å². The zero-order valence-corrected chi connectivity index (χ0v) is 20.1. The molecule has 4 unspecified atom stereocenters. The number of benzene rings is 3. The van der Waals surface area contributed by atoms with Crippen LogP contribution in [0.25, 0.3) is 0 Å². The fraction of sp³-hybridized carbons (Fsp3) is 0.276. The normalized spacial score (nSPS) is 25.3. The van der Waals surface area contributed by atoms with E-state index in [9.17, 15) is 19.5 Å². The van der Waals surface area contributed by atoms with Crippen LogP contribution < -0.4 is 10.1 Å². The summed E-state index contributed by atoms with van der Waals surface area (Å²) >= 11 is 0. The maximum Gasteiger partial charge on any atom is 0.325 e. The third-order valence-corrected chi connectivity index (χ3v) is 7.35. The van der Waals surface area contributed by atoms with E-state index < -0.39 is 41.2 Å². The van der Waals surface area contributed by atoms with Crippen LogP contribution in [-0.2, 0) is 20.9 Å². The largest absolute Gasteiger partial charge is 0.480 e. The highest BCUT2D eigenvalue weighted by Gasteiger charge is 2.69. The molecule has 0 bridgehead atoms. The Bertz CT molecular complexity index is 1280. The number of aliphatic carboxylic acids is 1. The number of para-hydroxylation sites is 1. The molecule has 3 aromatic rings. The van der Waals surface area contributed by atoms with Gasteiger partial charge in [-0.25, -0.2) is 0 Å². The van der Waals surface area contributed by atoms with Gasteiger partial charge in [-0.3, -0.25) is 24.6 Å². The predicted octanol–water partition coefficient (Wildman–Crippen LogP) is 4.40. The lowest BCUT2D eigenvalue weighted by atomic mass is 9.73. The monoisotopic (exact) mass is 484 g/mol. The number of nitrogens with zero attached hydrogens (tertiary/aromatic N) is 1. The molecule has 2 amide bonds. The number of imide groups is 1. The van der Waals surface area contributed by atoms with Gasteiger partial charge in [0.15, 0.2) is 0 Å². The molecule has 36 heavy (non-hydrogen) atoms. The van der Waals surface area contributed by atoms with Gasteiger partial charge in [-0.05, 0) is 41.3 Å². The molecule has 0 aliphatic carbocycles. The van der Waals surface area contributed by atoms with Crippen molar-refractivity contribution in [2.75, 3.05) is 0 Å². The molecule has 2 saturated heterocycles.